The van der Waals surface area contributed by atoms with Gasteiger partial charge in [0.1, 0.15) is 0 Å². The molecule has 1 rings (SSSR count). The van der Waals surface area contributed by atoms with Crippen LogP contribution in [0.3, 0.4) is 0 Å². The first-order valence-electron chi connectivity index (χ1n) is 4.58. The second-order valence-corrected chi connectivity index (χ2v) is 3.30. The van der Waals surface area contributed by atoms with Crippen LogP contribution in [0.2, 0.25) is 0 Å². The molecule has 1 unspecified atom stereocenters. The second kappa shape index (κ2) is 4.28. The molecular formula is C8H15F3N2. The van der Waals surface area contributed by atoms with Crippen LogP contribution in [0.1, 0.15) is 19.8 Å². The van der Waals surface area contributed by atoms with E-state index in [1.807, 2.05) is 6.92 Å². The van der Waals surface area contributed by atoms with Gasteiger partial charge in [0.2, 0.25) is 0 Å². The van der Waals surface area contributed by atoms with Crippen LogP contribution in [0.5, 0.6) is 0 Å². The summed E-state index contributed by atoms with van der Waals surface area (Å²) in [5, 5.41) is 1.59. The maximum atomic E-state index is 11.8. The monoisotopic (exact) mass is 196 g/mol. The standard InChI is InChI=1S/C8H15F3N2/c1-2-13-5-3-4-7(13)6-12-8(9,10)11/h7,12H,2-6H2,1H3. The molecule has 1 fully saturated rings. The van der Waals surface area contributed by atoms with E-state index in [1.54, 1.807) is 5.32 Å². The number of nitrogens with one attached hydrogen (secondary N) is 1. The lowest BCUT2D eigenvalue weighted by Gasteiger charge is -2.23. The summed E-state index contributed by atoms with van der Waals surface area (Å²) in [4.78, 5) is 2.08. The van der Waals surface area contributed by atoms with Gasteiger partial charge in [-0.3, -0.25) is 4.90 Å². The Kier molecular flexibility index (Phi) is 3.55. The van der Waals surface area contributed by atoms with Crippen molar-refractivity contribution in [2.45, 2.75) is 32.1 Å². The summed E-state index contributed by atoms with van der Waals surface area (Å²) in [6, 6.07) is 0.0617. The summed E-state index contributed by atoms with van der Waals surface area (Å²) in [5.74, 6) is 0. The van der Waals surface area contributed by atoms with Crippen LogP contribution in [0.15, 0.2) is 0 Å². The first-order valence-corrected chi connectivity index (χ1v) is 4.58. The lowest BCUT2D eigenvalue weighted by Crippen LogP contribution is -2.43. The molecule has 1 N–H and O–H groups in total. The summed E-state index contributed by atoms with van der Waals surface area (Å²) in [5.41, 5.74) is 0. The summed E-state index contributed by atoms with van der Waals surface area (Å²) >= 11 is 0. The van der Waals surface area contributed by atoms with Crippen LogP contribution >= 0.6 is 0 Å². The van der Waals surface area contributed by atoms with Crippen molar-refractivity contribution in [3.05, 3.63) is 0 Å². The molecule has 0 saturated carbocycles. The Labute approximate surface area is 76.1 Å². The molecule has 1 aliphatic heterocycles. The third kappa shape index (κ3) is 3.52. The van der Waals surface area contributed by atoms with Crippen LogP contribution in [-0.2, 0) is 0 Å². The average Bonchev–Trinajstić information content (AvgIpc) is 2.46. The summed E-state index contributed by atoms with van der Waals surface area (Å²) in [7, 11) is 0. The Balaban J connectivity index is 2.28. The largest absolute Gasteiger partial charge is 0.457 e. The van der Waals surface area contributed by atoms with Gasteiger partial charge in [-0.2, -0.15) is 13.2 Å². The minimum Gasteiger partial charge on any atom is -0.299 e. The highest BCUT2D eigenvalue weighted by atomic mass is 19.4. The molecule has 0 amide bonds. The Morgan fingerprint density at radius 1 is 1.46 bits per heavy atom. The molecule has 0 aliphatic carbocycles. The number of likely N-dealkylation sites (tertiary alicyclic amines) is 1. The van der Waals surface area contributed by atoms with Crippen LogP contribution < -0.4 is 5.32 Å². The molecule has 0 radical (unpaired) electrons. The van der Waals surface area contributed by atoms with E-state index in [2.05, 4.69) is 4.90 Å². The molecule has 0 aromatic rings. The minimum atomic E-state index is -4.23. The number of hydrogen-bond donors (Lipinski definition) is 1. The molecule has 0 aromatic heterocycles. The van der Waals surface area contributed by atoms with Crippen molar-refractivity contribution in [2.75, 3.05) is 19.6 Å². The average molecular weight is 196 g/mol. The fraction of sp³-hybridized carbons (Fsp3) is 1.00. The van der Waals surface area contributed by atoms with Crippen LogP contribution in [-0.4, -0.2) is 36.9 Å². The molecule has 78 valence electrons. The molecule has 0 aromatic carbocycles. The van der Waals surface area contributed by atoms with E-state index in [0.29, 0.717) is 0 Å². The number of rotatable bonds is 3. The topological polar surface area (TPSA) is 15.3 Å². The highest BCUT2D eigenvalue weighted by Gasteiger charge is 2.30. The van der Waals surface area contributed by atoms with Gasteiger partial charge in [0, 0.05) is 12.6 Å². The molecule has 1 atom stereocenters. The van der Waals surface area contributed by atoms with Crippen LogP contribution in [0.4, 0.5) is 13.2 Å². The number of likely N-dealkylation sites (N-methyl/N-ethyl adjacent to an activating group) is 1. The fourth-order valence-electron chi connectivity index (χ4n) is 1.78. The second-order valence-electron chi connectivity index (χ2n) is 3.30. The molecule has 13 heavy (non-hydrogen) atoms. The van der Waals surface area contributed by atoms with Gasteiger partial charge in [0.05, 0.1) is 0 Å². The van der Waals surface area contributed by atoms with Gasteiger partial charge < -0.3 is 0 Å². The molecular weight excluding hydrogens is 181 g/mol. The van der Waals surface area contributed by atoms with Crippen LogP contribution in [0, 0.1) is 0 Å². The lowest BCUT2D eigenvalue weighted by atomic mass is 10.2. The molecule has 1 aliphatic rings. The van der Waals surface area contributed by atoms with Gasteiger partial charge >= 0.3 is 6.30 Å². The van der Waals surface area contributed by atoms with E-state index in [-0.39, 0.29) is 12.6 Å². The normalized spacial score (nSPS) is 25.4. The Morgan fingerprint density at radius 3 is 2.69 bits per heavy atom. The smallest absolute Gasteiger partial charge is 0.299 e. The van der Waals surface area contributed by atoms with Gasteiger partial charge in [0.15, 0.2) is 0 Å². The minimum absolute atomic E-state index is 0.0251. The Hall–Kier alpha value is -0.290. The summed E-state index contributed by atoms with van der Waals surface area (Å²) in [6.45, 7) is 3.77. The summed E-state index contributed by atoms with van der Waals surface area (Å²) < 4.78 is 35.4. The highest BCUT2D eigenvalue weighted by Crippen LogP contribution is 2.17. The van der Waals surface area contributed by atoms with Crippen molar-refractivity contribution >= 4 is 0 Å². The molecule has 5 heteroatoms. The predicted octanol–water partition coefficient (Wildman–Crippen LogP) is 1.58. The first-order chi connectivity index (χ1) is 6.03. The van der Waals surface area contributed by atoms with Gasteiger partial charge in [-0.1, -0.05) is 6.92 Å². The zero-order valence-corrected chi connectivity index (χ0v) is 7.69. The highest BCUT2D eigenvalue weighted by molar-refractivity contribution is 4.80. The number of alkyl halides is 3. The fourth-order valence-corrected chi connectivity index (χ4v) is 1.78. The van der Waals surface area contributed by atoms with E-state index < -0.39 is 6.30 Å². The maximum absolute atomic E-state index is 11.8. The first kappa shape index (κ1) is 10.8. The number of hydrogen-bond acceptors (Lipinski definition) is 2. The third-order valence-electron chi connectivity index (χ3n) is 2.44. The van der Waals surface area contributed by atoms with Crippen molar-refractivity contribution in [1.82, 2.24) is 10.2 Å². The zero-order valence-electron chi connectivity index (χ0n) is 7.69. The third-order valence-corrected chi connectivity index (χ3v) is 2.44. The van der Waals surface area contributed by atoms with E-state index in [9.17, 15) is 13.2 Å². The maximum Gasteiger partial charge on any atom is 0.457 e. The van der Waals surface area contributed by atoms with E-state index in [4.69, 9.17) is 0 Å². The molecule has 0 bridgehead atoms. The van der Waals surface area contributed by atoms with Gasteiger partial charge in [-0.25, -0.2) is 5.32 Å². The zero-order chi connectivity index (χ0) is 9.90. The SMILES string of the molecule is CCN1CCCC1CNC(F)(F)F. The quantitative estimate of drug-likeness (QED) is 0.689. The molecule has 0 spiro atoms. The van der Waals surface area contributed by atoms with Crippen molar-refractivity contribution in [3.63, 3.8) is 0 Å². The molecule has 1 saturated heterocycles. The van der Waals surface area contributed by atoms with E-state index in [0.717, 1.165) is 25.9 Å². The summed E-state index contributed by atoms with van der Waals surface area (Å²) in [6.07, 6.45) is -2.35. The number of halogens is 3. The van der Waals surface area contributed by atoms with Crippen molar-refractivity contribution in [2.24, 2.45) is 0 Å². The number of nitrogens with zero attached hydrogens (tertiary/aromatic N) is 1. The van der Waals surface area contributed by atoms with Crippen molar-refractivity contribution in [3.8, 4) is 0 Å². The Morgan fingerprint density at radius 2 is 2.15 bits per heavy atom. The van der Waals surface area contributed by atoms with E-state index in [1.165, 1.54) is 0 Å². The van der Waals surface area contributed by atoms with Gasteiger partial charge in [-0.15, -0.1) is 0 Å². The van der Waals surface area contributed by atoms with Gasteiger partial charge in [-0.05, 0) is 25.9 Å². The van der Waals surface area contributed by atoms with Crippen molar-refractivity contribution < 1.29 is 13.2 Å². The van der Waals surface area contributed by atoms with E-state index >= 15 is 0 Å². The van der Waals surface area contributed by atoms with Gasteiger partial charge in [0.25, 0.3) is 0 Å². The molecule has 2 nitrogen and oxygen atoms in total. The Bertz CT molecular complexity index is 158. The van der Waals surface area contributed by atoms with Crippen molar-refractivity contribution in [1.29, 1.82) is 0 Å². The lowest BCUT2D eigenvalue weighted by molar-refractivity contribution is -0.158. The molecule has 1 heterocycles. The predicted molar refractivity (Wildman–Crippen MR) is 44.3 cm³/mol. The van der Waals surface area contributed by atoms with Crippen LogP contribution in [0.25, 0.3) is 0 Å².